The van der Waals surface area contributed by atoms with Crippen molar-refractivity contribution < 1.29 is 9.21 Å². The minimum atomic E-state index is -0.100. The van der Waals surface area contributed by atoms with Gasteiger partial charge in [0.1, 0.15) is 12.3 Å². The average Bonchev–Trinajstić information content (AvgIpc) is 3.20. The Labute approximate surface area is 137 Å². The van der Waals surface area contributed by atoms with E-state index in [1.165, 1.54) is 11.8 Å². The number of rotatable bonds is 6. The summed E-state index contributed by atoms with van der Waals surface area (Å²) in [6, 6.07) is 11.3. The molecule has 0 atom stereocenters. The molecule has 3 rings (SSSR count). The van der Waals surface area contributed by atoms with Gasteiger partial charge in [0, 0.05) is 5.69 Å². The van der Waals surface area contributed by atoms with Gasteiger partial charge in [0.05, 0.1) is 12.0 Å². The number of para-hydroxylation sites is 1. The van der Waals surface area contributed by atoms with Crippen LogP contribution in [0.3, 0.4) is 0 Å². The average molecular weight is 329 g/mol. The Hall–Kier alpha value is -2.61. The van der Waals surface area contributed by atoms with Gasteiger partial charge in [-0.2, -0.15) is 0 Å². The standard InChI is InChI=1S/C15H15N5O2S/c1-11-5-2-3-7-13(11)16-14(21)10-23-15-17-18-19-20(15)9-12-6-4-8-22-12/h2-8H,9-10H2,1H3,(H,16,21). The highest BCUT2D eigenvalue weighted by Crippen LogP contribution is 2.17. The Morgan fingerprint density at radius 2 is 2.17 bits per heavy atom. The molecule has 0 bridgehead atoms. The predicted molar refractivity (Wildman–Crippen MR) is 86.2 cm³/mol. The smallest absolute Gasteiger partial charge is 0.234 e. The van der Waals surface area contributed by atoms with Crippen LogP contribution < -0.4 is 5.32 Å². The van der Waals surface area contributed by atoms with Crippen LogP contribution in [-0.2, 0) is 11.3 Å². The SMILES string of the molecule is Cc1ccccc1NC(=O)CSc1nnnn1Cc1ccco1. The van der Waals surface area contributed by atoms with Crippen molar-refractivity contribution in [3.63, 3.8) is 0 Å². The summed E-state index contributed by atoms with van der Waals surface area (Å²) >= 11 is 1.28. The van der Waals surface area contributed by atoms with E-state index in [0.717, 1.165) is 17.0 Å². The van der Waals surface area contributed by atoms with Crippen LogP contribution >= 0.6 is 11.8 Å². The Morgan fingerprint density at radius 3 is 2.96 bits per heavy atom. The molecule has 0 saturated heterocycles. The lowest BCUT2D eigenvalue weighted by Crippen LogP contribution is -2.15. The van der Waals surface area contributed by atoms with Crippen LogP contribution in [-0.4, -0.2) is 31.9 Å². The first-order valence-corrected chi connectivity index (χ1v) is 7.98. The molecule has 0 aliphatic heterocycles. The third-order valence-electron chi connectivity index (χ3n) is 3.14. The number of hydrogen-bond donors (Lipinski definition) is 1. The summed E-state index contributed by atoms with van der Waals surface area (Å²) < 4.78 is 6.88. The molecule has 0 radical (unpaired) electrons. The zero-order valence-corrected chi connectivity index (χ0v) is 13.3. The van der Waals surface area contributed by atoms with Crippen LogP contribution in [0.1, 0.15) is 11.3 Å². The zero-order chi connectivity index (χ0) is 16.1. The van der Waals surface area contributed by atoms with Gasteiger partial charge in [-0.05, 0) is 41.1 Å². The van der Waals surface area contributed by atoms with Crippen LogP contribution in [0, 0.1) is 6.92 Å². The molecule has 1 N–H and O–H groups in total. The summed E-state index contributed by atoms with van der Waals surface area (Å²) in [6.07, 6.45) is 1.60. The molecule has 1 aromatic carbocycles. The number of tetrazole rings is 1. The summed E-state index contributed by atoms with van der Waals surface area (Å²) in [7, 11) is 0. The van der Waals surface area contributed by atoms with E-state index >= 15 is 0 Å². The third kappa shape index (κ3) is 3.98. The van der Waals surface area contributed by atoms with Crippen molar-refractivity contribution in [2.24, 2.45) is 0 Å². The highest BCUT2D eigenvalue weighted by Gasteiger charge is 2.12. The van der Waals surface area contributed by atoms with Gasteiger partial charge in [-0.1, -0.05) is 30.0 Å². The van der Waals surface area contributed by atoms with Gasteiger partial charge in [0.25, 0.3) is 0 Å². The van der Waals surface area contributed by atoms with Gasteiger partial charge in [-0.15, -0.1) is 5.10 Å². The van der Waals surface area contributed by atoms with Crippen molar-refractivity contribution >= 4 is 23.4 Å². The maximum absolute atomic E-state index is 12.1. The van der Waals surface area contributed by atoms with E-state index < -0.39 is 0 Å². The zero-order valence-electron chi connectivity index (χ0n) is 12.5. The lowest BCUT2D eigenvalue weighted by atomic mass is 10.2. The number of nitrogens with zero attached hydrogens (tertiary/aromatic N) is 4. The van der Waals surface area contributed by atoms with Crippen LogP contribution in [0.2, 0.25) is 0 Å². The predicted octanol–water partition coefficient (Wildman–Crippen LogP) is 2.35. The Bertz CT molecular complexity index is 785. The summed E-state index contributed by atoms with van der Waals surface area (Å²) in [5, 5.41) is 14.9. The summed E-state index contributed by atoms with van der Waals surface area (Å²) in [4.78, 5) is 12.1. The summed E-state index contributed by atoms with van der Waals surface area (Å²) in [5.74, 6) is 0.882. The minimum Gasteiger partial charge on any atom is -0.467 e. The number of aromatic nitrogens is 4. The normalized spacial score (nSPS) is 10.7. The van der Waals surface area contributed by atoms with Gasteiger partial charge in [-0.25, -0.2) is 4.68 Å². The fourth-order valence-corrected chi connectivity index (χ4v) is 2.66. The van der Waals surface area contributed by atoms with Crippen molar-refractivity contribution in [1.29, 1.82) is 0 Å². The second kappa shape index (κ2) is 7.10. The molecule has 0 aliphatic carbocycles. The number of aryl methyl sites for hydroxylation is 1. The first-order chi connectivity index (χ1) is 11.2. The van der Waals surface area contributed by atoms with E-state index in [1.54, 1.807) is 10.9 Å². The molecule has 23 heavy (non-hydrogen) atoms. The van der Waals surface area contributed by atoms with Crippen molar-refractivity contribution in [1.82, 2.24) is 20.2 Å². The van der Waals surface area contributed by atoms with E-state index in [4.69, 9.17) is 4.42 Å². The molecule has 0 saturated carbocycles. The topological polar surface area (TPSA) is 85.8 Å². The molecule has 8 heteroatoms. The van der Waals surface area contributed by atoms with Crippen LogP contribution in [0.5, 0.6) is 0 Å². The molecule has 2 aromatic heterocycles. The molecule has 0 aliphatic rings. The number of furan rings is 1. The Morgan fingerprint density at radius 1 is 1.30 bits per heavy atom. The van der Waals surface area contributed by atoms with E-state index in [0.29, 0.717) is 11.7 Å². The molecule has 0 fully saturated rings. The summed E-state index contributed by atoms with van der Waals surface area (Å²) in [5.41, 5.74) is 1.83. The second-order valence-corrected chi connectivity index (χ2v) is 5.79. The lowest BCUT2D eigenvalue weighted by molar-refractivity contribution is -0.113. The maximum atomic E-state index is 12.1. The molecule has 3 aromatic rings. The highest BCUT2D eigenvalue weighted by atomic mass is 32.2. The number of hydrogen-bond acceptors (Lipinski definition) is 6. The highest BCUT2D eigenvalue weighted by molar-refractivity contribution is 7.99. The number of carbonyl (C=O) groups is 1. The number of carbonyl (C=O) groups excluding carboxylic acids is 1. The molecular weight excluding hydrogens is 314 g/mol. The number of nitrogens with one attached hydrogen (secondary N) is 1. The van der Waals surface area contributed by atoms with E-state index in [2.05, 4.69) is 20.8 Å². The Balaban J connectivity index is 1.57. The minimum absolute atomic E-state index is 0.100. The van der Waals surface area contributed by atoms with E-state index in [-0.39, 0.29) is 11.7 Å². The number of anilines is 1. The fraction of sp³-hybridized carbons (Fsp3) is 0.200. The molecular formula is C15H15N5O2S. The number of amides is 1. The van der Waals surface area contributed by atoms with Crippen molar-refractivity contribution in [3.8, 4) is 0 Å². The quantitative estimate of drug-likeness (QED) is 0.699. The van der Waals surface area contributed by atoms with E-state index in [9.17, 15) is 4.79 Å². The van der Waals surface area contributed by atoms with E-state index in [1.807, 2.05) is 43.3 Å². The summed E-state index contributed by atoms with van der Waals surface area (Å²) in [6.45, 7) is 2.38. The van der Waals surface area contributed by atoms with Crippen LogP contribution in [0.4, 0.5) is 5.69 Å². The van der Waals surface area contributed by atoms with Gasteiger partial charge in [0.15, 0.2) is 0 Å². The van der Waals surface area contributed by atoms with Crippen molar-refractivity contribution in [3.05, 3.63) is 54.0 Å². The largest absolute Gasteiger partial charge is 0.467 e. The van der Waals surface area contributed by atoms with Gasteiger partial charge in [-0.3, -0.25) is 4.79 Å². The van der Waals surface area contributed by atoms with Crippen LogP contribution in [0.25, 0.3) is 0 Å². The first-order valence-electron chi connectivity index (χ1n) is 6.99. The first kappa shape index (κ1) is 15.3. The molecule has 2 heterocycles. The van der Waals surface area contributed by atoms with Gasteiger partial charge >= 0.3 is 0 Å². The lowest BCUT2D eigenvalue weighted by Gasteiger charge is -2.07. The van der Waals surface area contributed by atoms with Crippen LogP contribution in [0.15, 0.2) is 52.2 Å². The molecule has 7 nitrogen and oxygen atoms in total. The molecule has 0 unspecified atom stereocenters. The second-order valence-electron chi connectivity index (χ2n) is 4.85. The monoisotopic (exact) mass is 329 g/mol. The molecule has 1 amide bonds. The van der Waals surface area contributed by atoms with Gasteiger partial charge in [0.2, 0.25) is 11.1 Å². The van der Waals surface area contributed by atoms with Gasteiger partial charge < -0.3 is 9.73 Å². The number of benzene rings is 1. The molecule has 0 spiro atoms. The fourth-order valence-electron chi connectivity index (χ4n) is 1.98. The Kier molecular flexibility index (Phi) is 4.72. The number of thioether (sulfide) groups is 1. The third-order valence-corrected chi connectivity index (χ3v) is 4.09. The maximum Gasteiger partial charge on any atom is 0.234 e. The van der Waals surface area contributed by atoms with Crippen molar-refractivity contribution in [2.75, 3.05) is 11.1 Å². The molecule has 118 valence electrons. The van der Waals surface area contributed by atoms with Crippen molar-refractivity contribution in [2.45, 2.75) is 18.6 Å².